The first-order valence-corrected chi connectivity index (χ1v) is 4.96. The molecular weight excluding hydrogens is 176 g/mol. The Morgan fingerprint density at radius 2 is 2.21 bits per heavy atom. The Morgan fingerprint density at radius 1 is 1.50 bits per heavy atom. The molecule has 1 N–H and O–H groups in total. The molecule has 0 saturated heterocycles. The molecule has 0 spiro atoms. The summed E-state index contributed by atoms with van der Waals surface area (Å²) in [5.41, 5.74) is 4.16. The van der Waals surface area contributed by atoms with E-state index in [4.69, 9.17) is 5.11 Å². The van der Waals surface area contributed by atoms with Crippen molar-refractivity contribution in [3.8, 4) is 0 Å². The van der Waals surface area contributed by atoms with E-state index in [-0.39, 0.29) is 0 Å². The monoisotopic (exact) mass is 190 g/mol. The summed E-state index contributed by atoms with van der Waals surface area (Å²) >= 11 is 0. The lowest BCUT2D eigenvalue weighted by Gasteiger charge is -2.09. The van der Waals surface area contributed by atoms with E-state index in [0.717, 1.165) is 18.4 Å². The first-order valence-electron chi connectivity index (χ1n) is 4.96. The van der Waals surface area contributed by atoms with E-state index < -0.39 is 5.97 Å². The van der Waals surface area contributed by atoms with Crippen molar-refractivity contribution in [1.29, 1.82) is 0 Å². The van der Waals surface area contributed by atoms with Gasteiger partial charge in [-0.05, 0) is 54.5 Å². The van der Waals surface area contributed by atoms with Gasteiger partial charge in [0.15, 0.2) is 0 Å². The molecule has 1 aliphatic rings. The van der Waals surface area contributed by atoms with Gasteiger partial charge in [0.1, 0.15) is 0 Å². The SMILES string of the molecule is Cc1cc(C(=O)O)cc2c1C(C)CC2. The second kappa shape index (κ2) is 3.12. The maximum atomic E-state index is 10.8. The molecule has 1 aliphatic carbocycles. The van der Waals surface area contributed by atoms with E-state index in [1.807, 2.05) is 13.0 Å². The van der Waals surface area contributed by atoms with E-state index in [2.05, 4.69) is 6.92 Å². The Labute approximate surface area is 83.6 Å². The lowest BCUT2D eigenvalue weighted by atomic mass is 9.96. The lowest BCUT2D eigenvalue weighted by Crippen LogP contribution is -2.00. The van der Waals surface area contributed by atoms with Gasteiger partial charge in [-0.25, -0.2) is 4.79 Å². The van der Waals surface area contributed by atoms with Crippen LogP contribution < -0.4 is 0 Å². The Bertz CT molecular complexity index is 394. The average Bonchev–Trinajstić information content (AvgIpc) is 2.48. The van der Waals surface area contributed by atoms with Crippen molar-refractivity contribution in [2.24, 2.45) is 0 Å². The van der Waals surface area contributed by atoms with Crippen molar-refractivity contribution in [3.05, 3.63) is 34.4 Å². The smallest absolute Gasteiger partial charge is 0.335 e. The second-order valence-corrected chi connectivity index (χ2v) is 4.11. The van der Waals surface area contributed by atoms with Crippen LogP contribution in [-0.4, -0.2) is 11.1 Å². The Kier molecular flexibility index (Phi) is 2.06. The molecule has 14 heavy (non-hydrogen) atoms. The lowest BCUT2D eigenvalue weighted by molar-refractivity contribution is 0.0696. The van der Waals surface area contributed by atoms with Gasteiger partial charge in [0.2, 0.25) is 0 Å². The molecular formula is C12H14O2. The van der Waals surface area contributed by atoms with Crippen LogP contribution in [0.15, 0.2) is 12.1 Å². The van der Waals surface area contributed by atoms with Crippen LogP contribution in [0.1, 0.15) is 46.3 Å². The largest absolute Gasteiger partial charge is 0.478 e. The standard InChI is InChI=1S/C12H14O2/c1-7-3-4-9-6-10(12(13)14)5-8(2)11(7)9/h5-7H,3-4H2,1-2H3,(H,13,14). The Balaban J connectivity index is 2.57. The molecule has 2 nitrogen and oxygen atoms in total. The molecule has 1 atom stereocenters. The van der Waals surface area contributed by atoms with Gasteiger partial charge in [-0.3, -0.25) is 0 Å². The zero-order valence-corrected chi connectivity index (χ0v) is 8.50. The maximum Gasteiger partial charge on any atom is 0.335 e. The third kappa shape index (κ3) is 1.31. The average molecular weight is 190 g/mol. The molecule has 74 valence electrons. The van der Waals surface area contributed by atoms with Crippen molar-refractivity contribution in [3.63, 3.8) is 0 Å². The molecule has 0 radical (unpaired) electrons. The van der Waals surface area contributed by atoms with Crippen molar-refractivity contribution in [2.45, 2.75) is 32.6 Å². The van der Waals surface area contributed by atoms with Crippen molar-refractivity contribution in [2.75, 3.05) is 0 Å². The highest BCUT2D eigenvalue weighted by Crippen LogP contribution is 2.35. The van der Waals surface area contributed by atoms with Gasteiger partial charge in [0.05, 0.1) is 5.56 Å². The fourth-order valence-electron chi connectivity index (χ4n) is 2.42. The van der Waals surface area contributed by atoms with Crippen molar-refractivity contribution >= 4 is 5.97 Å². The fourth-order valence-corrected chi connectivity index (χ4v) is 2.42. The molecule has 2 heteroatoms. The van der Waals surface area contributed by atoms with Crippen LogP contribution in [0.2, 0.25) is 0 Å². The van der Waals surface area contributed by atoms with E-state index in [0.29, 0.717) is 11.5 Å². The zero-order chi connectivity index (χ0) is 10.3. The van der Waals surface area contributed by atoms with Crippen LogP contribution in [0.25, 0.3) is 0 Å². The summed E-state index contributed by atoms with van der Waals surface area (Å²) in [6.07, 6.45) is 2.18. The molecule has 0 bridgehead atoms. The number of benzene rings is 1. The minimum atomic E-state index is -0.824. The summed E-state index contributed by atoms with van der Waals surface area (Å²) < 4.78 is 0. The van der Waals surface area contributed by atoms with E-state index in [9.17, 15) is 4.79 Å². The highest BCUT2D eigenvalue weighted by molar-refractivity contribution is 5.88. The summed E-state index contributed by atoms with van der Waals surface area (Å²) in [5.74, 6) is -0.233. The normalized spacial score (nSPS) is 19.4. The van der Waals surface area contributed by atoms with Gasteiger partial charge >= 0.3 is 5.97 Å². The number of carbonyl (C=O) groups is 1. The topological polar surface area (TPSA) is 37.3 Å². The molecule has 2 rings (SSSR count). The first kappa shape index (κ1) is 9.25. The molecule has 0 fully saturated rings. The van der Waals surface area contributed by atoms with Crippen molar-refractivity contribution < 1.29 is 9.90 Å². The van der Waals surface area contributed by atoms with Crippen LogP contribution >= 0.6 is 0 Å². The number of hydrogen-bond donors (Lipinski definition) is 1. The highest BCUT2D eigenvalue weighted by Gasteiger charge is 2.22. The van der Waals surface area contributed by atoms with Crippen molar-refractivity contribution in [1.82, 2.24) is 0 Å². The third-order valence-corrected chi connectivity index (χ3v) is 3.06. The molecule has 1 aromatic rings. The maximum absolute atomic E-state index is 10.8. The zero-order valence-electron chi connectivity index (χ0n) is 8.50. The molecule has 0 amide bonds. The summed E-state index contributed by atoms with van der Waals surface area (Å²) in [6.45, 7) is 4.21. The number of aryl methyl sites for hydroxylation is 2. The van der Waals surface area contributed by atoms with E-state index in [1.54, 1.807) is 6.07 Å². The minimum Gasteiger partial charge on any atom is -0.478 e. The summed E-state index contributed by atoms with van der Waals surface area (Å²) in [5, 5.41) is 8.91. The molecule has 1 aromatic carbocycles. The number of fused-ring (bicyclic) bond motifs is 1. The predicted octanol–water partition coefficient (Wildman–Crippen LogP) is 2.74. The molecule has 0 aliphatic heterocycles. The number of carboxylic acid groups (broad SMARTS) is 1. The number of hydrogen-bond acceptors (Lipinski definition) is 1. The minimum absolute atomic E-state index is 0.426. The van der Waals surface area contributed by atoms with Crippen LogP contribution in [0.3, 0.4) is 0 Å². The van der Waals surface area contributed by atoms with Gasteiger partial charge in [0.25, 0.3) is 0 Å². The second-order valence-electron chi connectivity index (χ2n) is 4.11. The van der Waals surface area contributed by atoms with E-state index >= 15 is 0 Å². The first-order chi connectivity index (χ1) is 6.59. The van der Waals surface area contributed by atoms with Gasteiger partial charge in [-0.15, -0.1) is 0 Å². The Hall–Kier alpha value is -1.31. The number of carboxylic acids is 1. The van der Waals surface area contributed by atoms with Crippen LogP contribution in [0, 0.1) is 6.92 Å². The molecule has 1 unspecified atom stereocenters. The quantitative estimate of drug-likeness (QED) is 0.739. The molecule has 0 aromatic heterocycles. The van der Waals surface area contributed by atoms with Crippen LogP contribution in [0.4, 0.5) is 0 Å². The Morgan fingerprint density at radius 3 is 2.86 bits per heavy atom. The van der Waals surface area contributed by atoms with Gasteiger partial charge in [-0.1, -0.05) is 6.92 Å². The number of rotatable bonds is 1. The molecule has 0 saturated carbocycles. The molecule has 0 heterocycles. The van der Waals surface area contributed by atoms with Gasteiger partial charge in [-0.2, -0.15) is 0 Å². The number of aromatic carboxylic acids is 1. The summed E-state index contributed by atoms with van der Waals surface area (Å²) in [7, 11) is 0. The third-order valence-electron chi connectivity index (χ3n) is 3.06. The van der Waals surface area contributed by atoms with E-state index in [1.165, 1.54) is 11.1 Å². The van der Waals surface area contributed by atoms with Gasteiger partial charge in [0, 0.05) is 0 Å². The summed E-state index contributed by atoms with van der Waals surface area (Å²) in [6, 6.07) is 3.61. The fraction of sp³-hybridized carbons (Fsp3) is 0.417. The van der Waals surface area contributed by atoms with Gasteiger partial charge < -0.3 is 5.11 Å². The summed E-state index contributed by atoms with van der Waals surface area (Å²) in [4.78, 5) is 10.8. The highest BCUT2D eigenvalue weighted by atomic mass is 16.4. The van der Waals surface area contributed by atoms with Crippen LogP contribution in [-0.2, 0) is 6.42 Å². The predicted molar refractivity (Wildman–Crippen MR) is 54.9 cm³/mol. The van der Waals surface area contributed by atoms with Crippen LogP contribution in [0.5, 0.6) is 0 Å².